The van der Waals surface area contributed by atoms with Gasteiger partial charge in [-0.1, -0.05) is 18.2 Å². The van der Waals surface area contributed by atoms with Crippen LogP contribution < -0.4 is 10.6 Å². The van der Waals surface area contributed by atoms with Crippen molar-refractivity contribution < 1.29 is 9.53 Å². The number of nitrogens with zero attached hydrogens (tertiary/aromatic N) is 2. The van der Waals surface area contributed by atoms with E-state index in [0.29, 0.717) is 12.2 Å². The second kappa shape index (κ2) is 6.98. The van der Waals surface area contributed by atoms with Crippen LogP contribution in [0.1, 0.15) is 18.5 Å². The number of fused-ring (bicyclic) bond motifs is 1. The van der Waals surface area contributed by atoms with Crippen LogP contribution in [0.5, 0.6) is 0 Å². The summed E-state index contributed by atoms with van der Waals surface area (Å²) in [6.45, 7) is 1.98. The lowest BCUT2D eigenvalue weighted by Gasteiger charge is -2.08. The summed E-state index contributed by atoms with van der Waals surface area (Å²) < 4.78 is 7.40. The highest BCUT2D eigenvalue weighted by Crippen LogP contribution is 2.16. The Kier molecular flexibility index (Phi) is 4.39. The SMILES string of the molecule is O=C(NCc1cc2ccccc2[nH]1)Nc1cnn(C[C@@H]2CCCO2)c1. The zero-order valence-corrected chi connectivity index (χ0v) is 13.9. The fourth-order valence-corrected chi connectivity index (χ4v) is 3.10. The van der Waals surface area contributed by atoms with Gasteiger partial charge in [-0.05, 0) is 30.4 Å². The molecule has 0 radical (unpaired) electrons. The smallest absolute Gasteiger partial charge is 0.319 e. The number of carbonyl (C=O) groups excluding carboxylic acids is 1. The maximum Gasteiger partial charge on any atom is 0.319 e. The number of hydrogen-bond acceptors (Lipinski definition) is 3. The Morgan fingerprint density at radius 1 is 1.40 bits per heavy atom. The lowest BCUT2D eigenvalue weighted by Crippen LogP contribution is -2.28. The van der Waals surface area contributed by atoms with Crippen molar-refractivity contribution in [3.63, 3.8) is 0 Å². The second-order valence-corrected chi connectivity index (χ2v) is 6.28. The monoisotopic (exact) mass is 339 g/mol. The molecule has 1 aromatic carbocycles. The average molecular weight is 339 g/mol. The van der Waals surface area contributed by atoms with Gasteiger partial charge in [0, 0.05) is 24.0 Å². The predicted octanol–water partition coefficient (Wildman–Crippen LogP) is 2.87. The van der Waals surface area contributed by atoms with Gasteiger partial charge in [0.1, 0.15) is 0 Å². The molecule has 7 heteroatoms. The van der Waals surface area contributed by atoms with Crippen LogP contribution in [-0.4, -0.2) is 33.5 Å². The summed E-state index contributed by atoms with van der Waals surface area (Å²) in [5, 5.41) is 11.1. The number of aromatic amines is 1. The summed E-state index contributed by atoms with van der Waals surface area (Å²) in [5.74, 6) is 0. The molecule has 130 valence electrons. The molecule has 4 rings (SSSR count). The van der Waals surface area contributed by atoms with Crippen molar-refractivity contribution in [3.8, 4) is 0 Å². The van der Waals surface area contributed by atoms with Gasteiger partial charge in [0.05, 0.1) is 31.1 Å². The number of aromatic nitrogens is 3. The van der Waals surface area contributed by atoms with E-state index in [0.717, 1.165) is 42.6 Å². The summed E-state index contributed by atoms with van der Waals surface area (Å²) in [4.78, 5) is 15.3. The van der Waals surface area contributed by atoms with Crippen LogP contribution in [0.3, 0.4) is 0 Å². The van der Waals surface area contributed by atoms with Gasteiger partial charge in [0.15, 0.2) is 0 Å². The van der Waals surface area contributed by atoms with Gasteiger partial charge < -0.3 is 20.4 Å². The molecule has 3 aromatic rings. The van der Waals surface area contributed by atoms with Gasteiger partial charge in [0.25, 0.3) is 0 Å². The van der Waals surface area contributed by atoms with E-state index in [1.54, 1.807) is 6.20 Å². The van der Waals surface area contributed by atoms with Crippen LogP contribution in [0.2, 0.25) is 0 Å². The molecule has 0 unspecified atom stereocenters. The van der Waals surface area contributed by atoms with E-state index in [-0.39, 0.29) is 12.1 Å². The van der Waals surface area contributed by atoms with Crippen LogP contribution in [0.25, 0.3) is 10.9 Å². The van der Waals surface area contributed by atoms with E-state index >= 15 is 0 Å². The highest BCUT2D eigenvalue weighted by molar-refractivity contribution is 5.89. The minimum absolute atomic E-state index is 0.226. The summed E-state index contributed by atoms with van der Waals surface area (Å²) in [7, 11) is 0. The number of ether oxygens (including phenoxy) is 1. The first-order valence-electron chi connectivity index (χ1n) is 8.52. The molecule has 1 aliphatic rings. The lowest BCUT2D eigenvalue weighted by molar-refractivity contribution is 0.0940. The van der Waals surface area contributed by atoms with Crippen LogP contribution in [0.4, 0.5) is 10.5 Å². The summed E-state index contributed by atoms with van der Waals surface area (Å²) in [6, 6.07) is 9.81. The van der Waals surface area contributed by atoms with Crippen LogP contribution in [-0.2, 0) is 17.8 Å². The Labute approximate surface area is 145 Å². The molecule has 2 aromatic heterocycles. The van der Waals surface area contributed by atoms with Gasteiger partial charge in [-0.3, -0.25) is 4.68 Å². The molecule has 1 atom stereocenters. The highest BCUT2D eigenvalue weighted by Gasteiger charge is 2.16. The molecule has 1 aliphatic heterocycles. The molecule has 0 saturated carbocycles. The molecule has 25 heavy (non-hydrogen) atoms. The first-order chi connectivity index (χ1) is 12.3. The van der Waals surface area contributed by atoms with Crippen molar-refractivity contribution in [1.29, 1.82) is 0 Å². The Morgan fingerprint density at radius 2 is 2.32 bits per heavy atom. The molecule has 0 aliphatic carbocycles. The molecule has 2 amide bonds. The van der Waals surface area contributed by atoms with Crippen molar-refractivity contribution in [3.05, 3.63) is 48.4 Å². The Morgan fingerprint density at radius 3 is 3.16 bits per heavy atom. The number of carbonyl (C=O) groups is 1. The van der Waals surface area contributed by atoms with Crippen LogP contribution in [0.15, 0.2) is 42.7 Å². The van der Waals surface area contributed by atoms with Crippen molar-refractivity contribution in [2.45, 2.75) is 32.0 Å². The fourth-order valence-electron chi connectivity index (χ4n) is 3.10. The van der Waals surface area contributed by atoms with Crippen molar-refractivity contribution in [1.82, 2.24) is 20.1 Å². The van der Waals surface area contributed by atoms with Crippen molar-refractivity contribution in [2.75, 3.05) is 11.9 Å². The van der Waals surface area contributed by atoms with Gasteiger partial charge in [-0.2, -0.15) is 5.10 Å². The van der Waals surface area contributed by atoms with Gasteiger partial charge in [-0.25, -0.2) is 4.79 Å². The van der Waals surface area contributed by atoms with Gasteiger partial charge >= 0.3 is 6.03 Å². The zero-order valence-electron chi connectivity index (χ0n) is 13.9. The zero-order chi connectivity index (χ0) is 17.1. The van der Waals surface area contributed by atoms with Crippen molar-refractivity contribution in [2.24, 2.45) is 0 Å². The van der Waals surface area contributed by atoms with Crippen molar-refractivity contribution >= 4 is 22.6 Å². The molecule has 7 nitrogen and oxygen atoms in total. The normalized spacial score (nSPS) is 17.0. The molecule has 0 spiro atoms. The molecule has 0 bridgehead atoms. The number of hydrogen-bond donors (Lipinski definition) is 3. The topological polar surface area (TPSA) is 84.0 Å². The number of anilines is 1. The Hall–Kier alpha value is -2.80. The first kappa shape index (κ1) is 15.7. The molecule has 1 fully saturated rings. The van der Waals surface area contributed by atoms with E-state index in [1.807, 2.05) is 41.2 Å². The van der Waals surface area contributed by atoms with E-state index < -0.39 is 0 Å². The molecule has 1 saturated heterocycles. The summed E-state index contributed by atoms with van der Waals surface area (Å²) in [6.07, 6.45) is 5.87. The number of rotatable bonds is 5. The molecular formula is C18H21N5O2. The number of urea groups is 1. The third kappa shape index (κ3) is 3.83. The fraction of sp³-hybridized carbons (Fsp3) is 0.333. The average Bonchev–Trinajstić information content (AvgIpc) is 3.34. The maximum atomic E-state index is 12.1. The molecule has 3 heterocycles. The van der Waals surface area contributed by atoms with Crippen LogP contribution >= 0.6 is 0 Å². The molecule has 3 N–H and O–H groups in total. The third-order valence-electron chi connectivity index (χ3n) is 4.33. The summed E-state index contributed by atoms with van der Waals surface area (Å²) in [5.41, 5.74) is 2.70. The van der Waals surface area contributed by atoms with E-state index in [2.05, 4.69) is 20.7 Å². The quantitative estimate of drug-likeness (QED) is 0.668. The Bertz CT molecular complexity index is 830. The number of H-pyrrole nitrogens is 1. The molecular weight excluding hydrogens is 318 g/mol. The lowest BCUT2D eigenvalue weighted by atomic mass is 10.2. The first-order valence-corrected chi connectivity index (χ1v) is 8.52. The largest absolute Gasteiger partial charge is 0.376 e. The van der Waals surface area contributed by atoms with E-state index in [4.69, 9.17) is 4.74 Å². The maximum absolute atomic E-state index is 12.1. The predicted molar refractivity (Wildman–Crippen MR) is 95.4 cm³/mol. The second-order valence-electron chi connectivity index (χ2n) is 6.28. The van der Waals surface area contributed by atoms with E-state index in [9.17, 15) is 4.79 Å². The Balaban J connectivity index is 1.29. The standard InChI is InChI=1S/C18H21N5O2/c24-18(19-9-14-8-13-4-1-2-6-17(13)21-14)22-15-10-20-23(11-15)12-16-5-3-7-25-16/h1-2,4,6,8,10-11,16,21H,3,5,7,9,12H2,(H2,19,22,24)/t16-/m0/s1. The van der Waals surface area contributed by atoms with Gasteiger partial charge in [-0.15, -0.1) is 0 Å². The van der Waals surface area contributed by atoms with Gasteiger partial charge in [0.2, 0.25) is 0 Å². The highest BCUT2D eigenvalue weighted by atomic mass is 16.5. The minimum Gasteiger partial charge on any atom is -0.376 e. The minimum atomic E-state index is -0.254. The van der Waals surface area contributed by atoms with E-state index in [1.165, 1.54) is 0 Å². The number of amides is 2. The number of nitrogens with one attached hydrogen (secondary N) is 3. The summed E-state index contributed by atoms with van der Waals surface area (Å²) >= 11 is 0. The number of benzene rings is 1. The third-order valence-corrected chi connectivity index (χ3v) is 4.33. The van der Waals surface area contributed by atoms with Crippen LogP contribution in [0, 0.1) is 0 Å². The number of para-hydroxylation sites is 1.